The highest BCUT2D eigenvalue weighted by atomic mass is 35.5. The predicted octanol–water partition coefficient (Wildman–Crippen LogP) is 5.04. The van der Waals surface area contributed by atoms with Crippen LogP contribution in [0.25, 0.3) is 0 Å². The number of carbonyl (C=O) groups excluding carboxylic acids is 2. The molecule has 3 aromatic rings. The molecule has 0 atom stereocenters. The van der Waals surface area contributed by atoms with Crippen molar-refractivity contribution in [3.8, 4) is 11.5 Å². The molecule has 32 heavy (non-hydrogen) atoms. The SMILES string of the molecule is CCCc1ccc(OCC(=O)N/N=C/c2ccc(OC(=O)c3cccc(Cl)c3)cc2)cc1. The van der Waals surface area contributed by atoms with Crippen LogP contribution in [0.5, 0.6) is 11.5 Å². The largest absolute Gasteiger partial charge is 0.484 e. The quantitative estimate of drug-likeness (QED) is 0.214. The zero-order valence-corrected chi connectivity index (χ0v) is 18.3. The van der Waals surface area contributed by atoms with E-state index in [-0.39, 0.29) is 12.5 Å². The molecule has 1 amide bonds. The van der Waals surface area contributed by atoms with E-state index in [9.17, 15) is 9.59 Å². The average molecular weight is 451 g/mol. The molecule has 7 heteroatoms. The number of nitrogens with zero attached hydrogens (tertiary/aromatic N) is 1. The monoisotopic (exact) mass is 450 g/mol. The smallest absolute Gasteiger partial charge is 0.343 e. The molecule has 0 bridgehead atoms. The van der Waals surface area contributed by atoms with E-state index in [1.807, 2.05) is 24.3 Å². The van der Waals surface area contributed by atoms with Gasteiger partial charge in [-0.3, -0.25) is 4.79 Å². The number of hydrogen-bond acceptors (Lipinski definition) is 5. The Morgan fingerprint density at radius 3 is 2.41 bits per heavy atom. The molecule has 0 aromatic heterocycles. The number of amides is 1. The molecule has 0 heterocycles. The second kappa shape index (κ2) is 11.7. The fourth-order valence-electron chi connectivity index (χ4n) is 2.80. The van der Waals surface area contributed by atoms with Gasteiger partial charge >= 0.3 is 5.97 Å². The van der Waals surface area contributed by atoms with Crippen LogP contribution in [0.1, 0.15) is 34.8 Å². The Morgan fingerprint density at radius 2 is 1.72 bits per heavy atom. The summed E-state index contributed by atoms with van der Waals surface area (Å²) in [5.41, 5.74) is 4.74. The fraction of sp³-hybridized carbons (Fsp3) is 0.160. The number of esters is 1. The molecule has 0 aliphatic rings. The van der Waals surface area contributed by atoms with Crippen LogP contribution in [0.2, 0.25) is 5.02 Å². The highest BCUT2D eigenvalue weighted by Gasteiger charge is 2.09. The van der Waals surface area contributed by atoms with E-state index >= 15 is 0 Å². The number of benzene rings is 3. The molecule has 1 N–H and O–H groups in total. The van der Waals surface area contributed by atoms with Crippen molar-refractivity contribution in [2.24, 2.45) is 5.10 Å². The molecule has 0 spiro atoms. The van der Waals surface area contributed by atoms with Gasteiger partial charge in [0.25, 0.3) is 5.91 Å². The van der Waals surface area contributed by atoms with Crippen molar-refractivity contribution in [1.82, 2.24) is 5.43 Å². The molecule has 0 saturated carbocycles. The van der Waals surface area contributed by atoms with Gasteiger partial charge in [0, 0.05) is 5.02 Å². The van der Waals surface area contributed by atoms with Crippen LogP contribution < -0.4 is 14.9 Å². The second-order valence-corrected chi connectivity index (χ2v) is 7.38. The van der Waals surface area contributed by atoms with Crippen LogP contribution in [0.3, 0.4) is 0 Å². The van der Waals surface area contributed by atoms with Gasteiger partial charge in [0.1, 0.15) is 11.5 Å². The Bertz CT molecular complexity index is 1080. The van der Waals surface area contributed by atoms with Crippen molar-refractivity contribution in [1.29, 1.82) is 0 Å². The van der Waals surface area contributed by atoms with Gasteiger partial charge in [0.15, 0.2) is 6.61 Å². The molecule has 0 aliphatic carbocycles. The van der Waals surface area contributed by atoms with Crippen LogP contribution in [0.4, 0.5) is 0 Å². The van der Waals surface area contributed by atoms with E-state index in [0.29, 0.717) is 22.1 Å². The first-order chi connectivity index (χ1) is 15.5. The minimum atomic E-state index is -0.499. The number of hydrazone groups is 1. The Balaban J connectivity index is 1.44. The topological polar surface area (TPSA) is 77.0 Å². The molecule has 0 aliphatic heterocycles. The van der Waals surface area contributed by atoms with Crippen molar-refractivity contribution in [3.63, 3.8) is 0 Å². The van der Waals surface area contributed by atoms with Crippen molar-refractivity contribution in [2.75, 3.05) is 6.61 Å². The minimum Gasteiger partial charge on any atom is -0.484 e. The summed E-state index contributed by atoms with van der Waals surface area (Å²) in [5.74, 6) is 0.147. The molecule has 3 rings (SSSR count). The van der Waals surface area contributed by atoms with Crippen LogP contribution in [-0.2, 0) is 11.2 Å². The number of nitrogens with one attached hydrogen (secondary N) is 1. The Hall–Kier alpha value is -3.64. The highest BCUT2D eigenvalue weighted by Crippen LogP contribution is 2.16. The van der Waals surface area contributed by atoms with E-state index in [2.05, 4.69) is 17.5 Å². The lowest BCUT2D eigenvalue weighted by Gasteiger charge is -2.06. The maximum Gasteiger partial charge on any atom is 0.343 e. The molecule has 0 unspecified atom stereocenters. The molecule has 0 radical (unpaired) electrons. The van der Waals surface area contributed by atoms with Crippen molar-refractivity contribution < 1.29 is 19.1 Å². The van der Waals surface area contributed by atoms with E-state index in [1.54, 1.807) is 48.5 Å². The molecule has 0 saturated heterocycles. The second-order valence-electron chi connectivity index (χ2n) is 6.94. The fourth-order valence-corrected chi connectivity index (χ4v) is 2.99. The first-order valence-electron chi connectivity index (χ1n) is 10.1. The maximum absolute atomic E-state index is 12.1. The van der Waals surface area contributed by atoms with E-state index in [1.165, 1.54) is 11.8 Å². The van der Waals surface area contributed by atoms with Crippen LogP contribution >= 0.6 is 11.6 Å². The number of aryl methyl sites for hydroxylation is 1. The summed E-state index contributed by atoms with van der Waals surface area (Å²) in [6.07, 6.45) is 3.58. The van der Waals surface area contributed by atoms with Gasteiger partial charge in [-0.1, -0.05) is 43.1 Å². The summed E-state index contributed by atoms with van der Waals surface area (Å²) in [7, 11) is 0. The van der Waals surface area contributed by atoms with Gasteiger partial charge in [0.05, 0.1) is 11.8 Å². The summed E-state index contributed by atoms with van der Waals surface area (Å²) in [5, 5.41) is 4.37. The molecule has 6 nitrogen and oxygen atoms in total. The maximum atomic E-state index is 12.1. The highest BCUT2D eigenvalue weighted by molar-refractivity contribution is 6.30. The molecule has 0 fully saturated rings. The standard InChI is InChI=1S/C25H23ClN2O4/c1-2-4-18-7-11-22(12-8-18)31-17-24(29)28-27-16-19-9-13-23(14-10-19)32-25(30)20-5-3-6-21(26)15-20/h3,5-16H,2,4,17H2,1H3,(H,28,29)/b27-16+. The average Bonchev–Trinajstić information content (AvgIpc) is 2.80. The first-order valence-corrected chi connectivity index (χ1v) is 10.5. The summed E-state index contributed by atoms with van der Waals surface area (Å²) in [6, 6.07) is 20.9. The molecular weight excluding hydrogens is 428 g/mol. The van der Waals surface area contributed by atoms with E-state index in [0.717, 1.165) is 18.4 Å². The lowest BCUT2D eigenvalue weighted by Crippen LogP contribution is -2.24. The summed E-state index contributed by atoms with van der Waals surface area (Å²) < 4.78 is 10.8. The van der Waals surface area contributed by atoms with E-state index in [4.69, 9.17) is 21.1 Å². The lowest BCUT2D eigenvalue weighted by atomic mass is 10.1. The Morgan fingerprint density at radius 1 is 1.00 bits per heavy atom. The lowest BCUT2D eigenvalue weighted by molar-refractivity contribution is -0.123. The number of rotatable bonds is 9. The van der Waals surface area contributed by atoms with Gasteiger partial charge in [-0.2, -0.15) is 5.10 Å². The zero-order valence-electron chi connectivity index (χ0n) is 17.6. The van der Waals surface area contributed by atoms with E-state index < -0.39 is 5.97 Å². The predicted molar refractivity (Wildman–Crippen MR) is 125 cm³/mol. The minimum absolute atomic E-state index is 0.136. The van der Waals surface area contributed by atoms with Crippen molar-refractivity contribution in [3.05, 3.63) is 94.5 Å². The van der Waals surface area contributed by atoms with Crippen molar-refractivity contribution >= 4 is 29.7 Å². The first kappa shape index (κ1) is 23.0. The summed E-state index contributed by atoms with van der Waals surface area (Å²) in [4.78, 5) is 24.0. The van der Waals surface area contributed by atoms with Gasteiger partial charge in [-0.15, -0.1) is 0 Å². The summed E-state index contributed by atoms with van der Waals surface area (Å²) in [6.45, 7) is 1.99. The normalized spacial score (nSPS) is 10.7. The number of ether oxygens (including phenoxy) is 2. The van der Waals surface area contributed by atoms with Crippen LogP contribution in [0, 0.1) is 0 Å². The molecule has 164 valence electrons. The van der Waals surface area contributed by atoms with Gasteiger partial charge in [-0.05, 0) is 72.1 Å². The van der Waals surface area contributed by atoms with Gasteiger partial charge in [0.2, 0.25) is 0 Å². The Kier molecular flexibility index (Phi) is 8.40. The third-order valence-electron chi connectivity index (χ3n) is 4.39. The molecular formula is C25H23ClN2O4. The van der Waals surface area contributed by atoms with Gasteiger partial charge < -0.3 is 9.47 Å². The third-order valence-corrected chi connectivity index (χ3v) is 4.62. The molecule has 3 aromatic carbocycles. The summed E-state index contributed by atoms with van der Waals surface area (Å²) >= 11 is 5.89. The van der Waals surface area contributed by atoms with Crippen LogP contribution in [0.15, 0.2) is 77.9 Å². The third kappa shape index (κ3) is 7.25. The number of carbonyl (C=O) groups is 2. The Labute approximate surface area is 191 Å². The zero-order chi connectivity index (χ0) is 22.8. The van der Waals surface area contributed by atoms with Crippen LogP contribution in [-0.4, -0.2) is 24.7 Å². The van der Waals surface area contributed by atoms with Crippen molar-refractivity contribution in [2.45, 2.75) is 19.8 Å². The number of hydrogen-bond donors (Lipinski definition) is 1. The van der Waals surface area contributed by atoms with Gasteiger partial charge in [-0.25, -0.2) is 10.2 Å². The number of halogens is 1.